The van der Waals surface area contributed by atoms with Gasteiger partial charge in [-0.1, -0.05) is 24.8 Å². The molecular formula is C16H13IO5. The molecule has 2 N–H and O–H groups in total. The van der Waals surface area contributed by atoms with Gasteiger partial charge in [-0.3, -0.25) is 4.79 Å². The molecule has 0 heterocycles. The lowest BCUT2D eigenvalue weighted by atomic mass is 10.1. The van der Waals surface area contributed by atoms with Crippen molar-refractivity contribution in [3.05, 3.63) is 54.1 Å². The molecule has 0 aliphatic heterocycles. The van der Waals surface area contributed by atoms with Gasteiger partial charge in [0.2, 0.25) is 5.75 Å². The van der Waals surface area contributed by atoms with Gasteiger partial charge in [-0.2, -0.15) is 0 Å². The van der Waals surface area contributed by atoms with Crippen molar-refractivity contribution < 1.29 is 22.8 Å². The third-order valence-electron chi connectivity index (χ3n) is 2.92. The number of rotatable bonds is 5. The molecule has 2 aromatic carbocycles. The summed E-state index contributed by atoms with van der Waals surface area (Å²) in [5, 5.41) is 19.0. The molecule has 2 rings (SSSR count). The molecule has 0 saturated heterocycles. The number of hydrogen-bond donors (Lipinski definition) is 2. The average molecular weight is 412 g/mol. The van der Waals surface area contributed by atoms with Crippen molar-refractivity contribution >= 4 is 35.1 Å². The quantitative estimate of drug-likeness (QED) is 0.446. The van der Waals surface area contributed by atoms with Crippen LogP contribution in [0.2, 0.25) is 0 Å². The first kappa shape index (κ1) is 16.2. The fourth-order valence-corrected chi connectivity index (χ4v) is 2.26. The second-order valence-corrected chi connectivity index (χ2v) is 4.87. The summed E-state index contributed by atoms with van der Waals surface area (Å²) in [5.41, 5.74) is 1.23. The van der Waals surface area contributed by atoms with Crippen LogP contribution in [0.4, 0.5) is 0 Å². The van der Waals surface area contributed by atoms with E-state index in [0.29, 0.717) is 11.1 Å². The van der Waals surface area contributed by atoms with Gasteiger partial charge in [-0.05, 0) is 29.8 Å². The van der Waals surface area contributed by atoms with E-state index >= 15 is 0 Å². The van der Waals surface area contributed by atoms with Crippen molar-refractivity contribution in [1.29, 1.82) is 0 Å². The molecule has 22 heavy (non-hydrogen) atoms. The molecule has 0 unspecified atom stereocenters. The van der Waals surface area contributed by atoms with E-state index in [1.165, 1.54) is 24.3 Å². The Balaban J connectivity index is 2.22. The summed E-state index contributed by atoms with van der Waals surface area (Å²) in [4.78, 5) is 12.1. The number of phenolic OH excluding ortho intramolecular Hbond substituents is 2. The van der Waals surface area contributed by atoms with Gasteiger partial charge in [0.25, 0.3) is 0 Å². The first-order valence-electron chi connectivity index (χ1n) is 6.30. The highest BCUT2D eigenvalue weighted by molar-refractivity contribution is 14.1. The van der Waals surface area contributed by atoms with Crippen LogP contribution in [0.3, 0.4) is 0 Å². The van der Waals surface area contributed by atoms with Gasteiger partial charge >= 0.3 is 5.97 Å². The van der Waals surface area contributed by atoms with Crippen LogP contribution >= 0.6 is 23.0 Å². The van der Waals surface area contributed by atoms with Gasteiger partial charge in [-0.25, -0.2) is 0 Å². The fourth-order valence-electron chi connectivity index (χ4n) is 1.84. The second kappa shape index (κ2) is 7.17. The molecule has 0 atom stereocenters. The predicted molar refractivity (Wildman–Crippen MR) is 90.3 cm³/mol. The summed E-state index contributed by atoms with van der Waals surface area (Å²) in [6.45, 7) is 3.64. The third kappa shape index (κ3) is 3.70. The zero-order chi connectivity index (χ0) is 16.1. The van der Waals surface area contributed by atoms with Crippen LogP contribution in [0.1, 0.15) is 11.1 Å². The smallest absolute Gasteiger partial charge is 0.315 e. The predicted octanol–water partition coefficient (Wildman–Crippen LogP) is 3.62. The highest BCUT2D eigenvalue weighted by Gasteiger charge is 2.18. The van der Waals surface area contributed by atoms with Crippen LogP contribution in [0.25, 0.3) is 6.08 Å². The lowest BCUT2D eigenvalue weighted by molar-refractivity contribution is -0.133. The number of carbonyl (C=O) groups excluding carboxylic acids is 1. The fraction of sp³-hybridized carbons (Fsp3) is 0.0625. The molecule has 0 saturated carbocycles. The summed E-state index contributed by atoms with van der Waals surface area (Å²) in [7, 11) is 0. The SMILES string of the molecule is C=Cc1ccc(O)c(OI)c1OC(=O)Cc1ccc(O)cc1. The maximum atomic E-state index is 12.1. The summed E-state index contributed by atoms with van der Waals surface area (Å²) in [5.74, 6) is -0.341. The van der Waals surface area contributed by atoms with Crippen molar-refractivity contribution in [3.8, 4) is 23.0 Å². The number of halogens is 1. The number of phenols is 2. The molecule has 0 bridgehead atoms. The number of aromatic hydroxyl groups is 2. The minimum Gasteiger partial charge on any atom is -0.508 e. The molecule has 5 nitrogen and oxygen atoms in total. The Morgan fingerprint density at radius 1 is 1.14 bits per heavy atom. The lowest BCUT2D eigenvalue weighted by Crippen LogP contribution is -2.12. The van der Waals surface area contributed by atoms with E-state index in [0.717, 1.165) is 0 Å². The summed E-state index contributed by atoms with van der Waals surface area (Å²) < 4.78 is 10.4. The average Bonchev–Trinajstić information content (AvgIpc) is 2.50. The lowest BCUT2D eigenvalue weighted by Gasteiger charge is -2.12. The molecule has 0 aliphatic rings. The zero-order valence-corrected chi connectivity index (χ0v) is 13.6. The highest BCUT2D eigenvalue weighted by Crippen LogP contribution is 2.41. The minimum absolute atomic E-state index is 0.0210. The van der Waals surface area contributed by atoms with Crippen molar-refractivity contribution in [2.45, 2.75) is 6.42 Å². The van der Waals surface area contributed by atoms with Crippen molar-refractivity contribution in [1.82, 2.24) is 0 Å². The number of hydrogen-bond acceptors (Lipinski definition) is 5. The molecule has 0 amide bonds. The van der Waals surface area contributed by atoms with E-state index in [1.54, 1.807) is 41.2 Å². The Morgan fingerprint density at radius 3 is 2.41 bits per heavy atom. The molecule has 0 radical (unpaired) electrons. The van der Waals surface area contributed by atoms with Gasteiger partial charge in [0.05, 0.1) is 6.42 Å². The summed E-state index contributed by atoms with van der Waals surface area (Å²) >= 11 is 1.60. The highest BCUT2D eigenvalue weighted by atomic mass is 127. The second-order valence-electron chi connectivity index (χ2n) is 4.43. The maximum absolute atomic E-state index is 12.1. The van der Waals surface area contributed by atoms with E-state index < -0.39 is 5.97 Å². The van der Waals surface area contributed by atoms with Gasteiger partial charge in [-0.15, -0.1) is 0 Å². The van der Waals surface area contributed by atoms with Crippen LogP contribution < -0.4 is 7.80 Å². The Morgan fingerprint density at radius 2 is 1.82 bits per heavy atom. The van der Waals surface area contributed by atoms with Gasteiger partial charge in [0, 0.05) is 5.56 Å². The van der Waals surface area contributed by atoms with E-state index in [9.17, 15) is 15.0 Å². The molecule has 2 aromatic rings. The Bertz CT molecular complexity index is 694. The molecule has 0 spiro atoms. The normalized spacial score (nSPS) is 10.0. The molecule has 0 fully saturated rings. The topological polar surface area (TPSA) is 76.0 Å². The first-order chi connectivity index (χ1) is 10.5. The molecule has 114 valence electrons. The number of benzene rings is 2. The first-order valence-corrected chi connectivity index (χ1v) is 7.18. The largest absolute Gasteiger partial charge is 0.508 e. The van der Waals surface area contributed by atoms with Crippen LogP contribution in [0.15, 0.2) is 43.0 Å². The maximum Gasteiger partial charge on any atom is 0.315 e. The number of carbonyl (C=O) groups is 1. The molecule has 6 heteroatoms. The van der Waals surface area contributed by atoms with Gasteiger partial charge in [0.1, 0.15) is 5.75 Å². The van der Waals surface area contributed by atoms with Crippen LogP contribution in [-0.2, 0) is 11.2 Å². The molecule has 0 aliphatic carbocycles. The monoisotopic (exact) mass is 412 g/mol. The number of esters is 1. The van der Waals surface area contributed by atoms with E-state index in [2.05, 4.69) is 6.58 Å². The van der Waals surface area contributed by atoms with Gasteiger partial charge in [0.15, 0.2) is 34.5 Å². The van der Waals surface area contributed by atoms with Crippen LogP contribution in [-0.4, -0.2) is 16.2 Å². The van der Waals surface area contributed by atoms with Crippen molar-refractivity contribution in [2.24, 2.45) is 0 Å². The van der Waals surface area contributed by atoms with Crippen molar-refractivity contribution in [3.63, 3.8) is 0 Å². The molecule has 0 aromatic heterocycles. The number of ether oxygens (including phenoxy) is 1. The van der Waals surface area contributed by atoms with Gasteiger partial charge < -0.3 is 18.0 Å². The summed E-state index contributed by atoms with van der Waals surface area (Å²) in [6.07, 6.45) is 1.52. The van der Waals surface area contributed by atoms with Crippen LogP contribution in [0.5, 0.6) is 23.0 Å². The Hall–Kier alpha value is -2.22. The van der Waals surface area contributed by atoms with E-state index in [1.807, 2.05) is 0 Å². The third-order valence-corrected chi connectivity index (χ3v) is 3.36. The molecular weight excluding hydrogens is 399 g/mol. The minimum atomic E-state index is -0.519. The summed E-state index contributed by atoms with van der Waals surface area (Å²) in [6, 6.07) is 9.25. The Kier molecular flexibility index (Phi) is 5.26. The van der Waals surface area contributed by atoms with E-state index in [-0.39, 0.29) is 29.4 Å². The van der Waals surface area contributed by atoms with E-state index in [4.69, 9.17) is 7.80 Å². The van der Waals surface area contributed by atoms with Crippen LogP contribution in [0, 0.1) is 0 Å². The van der Waals surface area contributed by atoms with Crippen molar-refractivity contribution in [2.75, 3.05) is 0 Å². The standard InChI is InChI=1S/C16H13IO5/c1-2-11-5-8-13(19)16(22-17)15(11)21-14(20)9-10-3-6-12(18)7-4-10/h2-8,18-19H,1,9H2. The zero-order valence-electron chi connectivity index (χ0n) is 11.5. The Labute approximate surface area is 141 Å².